The smallest absolute Gasteiger partial charge is 0.451 e. The summed E-state index contributed by atoms with van der Waals surface area (Å²) in [6.07, 6.45) is -0.102. The molecule has 0 radical (unpaired) electrons. The van der Waals surface area contributed by atoms with Crippen LogP contribution >= 0.6 is 21.9 Å². The molecule has 0 spiro atoms. The number of ether oxygens (including phenoxy) is 1. The standard InChI is InChI=1S/C23H25F3N4O4S2/c1-13-10-27-21(35-13)16-7-15(8-19(9-16)34-18-3-5-36(32,33)6-4-18)20(31)30-14(2)17-11-28-22(29-12-17)23(24,25)26/h7-12,14,18,32-33H,3-6H2,1-2H3,(H,30,31)/t14-/m1/s1. The van der Waals surface area contributed by atoms with E-state index in [1.54, 1.807) is 31.3 Å². The molecule has 0 bridgehead atoms. The second-order valence-electron chi connectivity index (χ2n) is 8.58. The van der Waals surface area contributed by atoms with Crippen molar-refractivity contribution < 1.29 is 31.8 Å². The van der Waals surface area contributed by atoms with E-state index in [0.29, 0.717) is 34.7 Å². The highest BCUT2D eigenvalue weighted by Gasteiger charge is 2.34. The van der Waals surface area contributed by atoms with Crippen LogP contribution in [0.4, 0.5) is 13.2 Å². The molecule has 0 aliphatic carbocycles. The Hall–Kier alpha value is -2.74. The largest absolute Gasteiger partial charge is 0.490 e. The summed E-state index contributed by atoms with van der Waals surface area (Å²) in [6.45, 7) is 3.54. The van der Waals surface area contributed by atoms with Crippen LogP contribution in [0.25, 0.3) is 10.6 Å². The summed E-state index contributed by atoms with van der Waals surface area (Å²) < 4.78 is 64.1. The van der Waals surface area contributed by atoms with Gasteiger partial charge in [0.05, 0.1) is 6.04 Å². The lowest BCUT2D eigenvalue weighted by Gasteiger charge is -2.39. The molecule has 8 nitrogen and oxygen atoms in total. The highest BCUT2D eigenvalue weighted by Crippen LogP contribution is 2.44. The molecule has 36 heavy (non-hydrogen) atoms. The second kappa shape index (κ2) is 10.3. The van der Waals surface area contributed by atoms with Gasteiger partial charge >= 0.3 is 6.18 Å². The van der Waals surface area contributed by atoms with Crippen LogP contribution in [0.3, 0.4) is 0 Å². The van der Waals surface area contributed by atoms with Crippen molar-refractivity contribution in [2.75, 3.05) is 11.5 Å². The number of aromatic nitrogens is 3. The third-order valence-electron chi connectivity index (χ3n) is 5.65. The molecule has 1 amide bonds. The van der Waals surface area contributed by atoms with Crippen molar-refractivity contribution in [2.45, 2.75) is 45.0 Å². The normalized spacial score (nSPS) is 17.9. The zero-order valence-corrected chi connectivity index (χ0v) is 21.1. The molecule has 1 aliphatic rings. The quantitative estimate of drug-likeness (QED) is 0.365. The van der Waals surface area contributed by atoms with E-state index in [0.717, 1.165) is 17.3 Å². The number of carbonyl (C=O) groups is 1. The highest BCUT2D eigenvalue weighted by atomic mass is 32.3. The molecular formula is C23H25F3N4O4S2. The molecule has 1 aromatic carbocycles. The number of halogens is 3. The van der Waals surface area contributed by atoms with Gasteiger partial charge in [-0.05, 0) is 32.0 Å². The molecule has 194 valence electrons. The van der Waals surface area contributed by atoms with Crippen LogP contribution in [0.2, 0.25) is 0 Å². The number of alkyl halides is 3. The van der Waals surface area contributed by atoms with Gasteiger partial charge in [-0.2, -0.15) is 23.8 Å². The Labute approximate surface area is 211 Å². The first-order chi connectivity index (χ1) is 16.9. The number of rotatable bonds is 6. The maximum absolute atomic E-state index is 13.1. The number of nitrogens with zero attached hydrogens (tertiary/aromatic N) is 3. The van der Waals surface area contributed by atoms with Crippen LogP contribution in [0.1, 0.15) is 52.4 Å². The van der Waals surface area contributed by atoms with E-state index in [2.05, 4.69) is 20.3 Å². The first-order valence-electron chi connectivity index (χ1n) is 11.1. The van der Waals surface area contributed by atoms with Crippen LogP contribution in [-0.4, -0.2) is 47.6 Å². The molecule has 0 saturated carbocycles. The molecule has 0 unspecified atom stereocenters. The molecule has 4 rings (SSSR count). The van der Waals surface area contributed by atoms with Gasteiger partial charge in [0.2, 0.25) is 5.82 Å². The SMILES string of the molecule is Cc1cnc(-c2cc(OC3CCS(O)(O)CC3)cc(C(=O)N[C@H](C)c3cnc(C(F)(F)F)nc3)c2)s1. The van der Waals surface area contributed by atoms with Gasteiger partial charge in [-0.25, -0.2) is 15.0 Å². The summed E-state index contributed by atoms with van der Waals surface area (Å²) in [5, 5.41) is 3.46. The van der Waals surface area contributed by atoms with E-state index in [4.69, 9.17) is 4.74 Å². The molecular weight excluding hydrogens is 517 g/mol. The average molecular weight is 543 g/mol. The van der Waals surface area contributed by atoms with Gasteiger partial charge in [-0.1, -0.05) is 0 Å². The number of nitrogens with one attached hydrogen (secondary N) is 1. The van der Waals surface area contributed by atoms with Gasteiger partial charge in [0.15, 0.2) is 0 Å². The van der Waals surface area contributed by atoms with E-state index in [1.807, 2.05) is 6.92 Å². The number of aryl methyl sites for hydroxylation is 1. The first-order valence-corrected chi connectivity index (χ1v) is 13.8. The average Bonchev–Trinajstić information content (AvgIpc) is 3.26. The van der Waals surface area contributed by atoms with Crippen molar-refractivity contribution in [2.24, 2.45) is 0 Å². The minimum absolute atomic E-state index is 0.225. The van der Waals surface area contributed by atoms with Gasteiger partial charge in [0, 0.05) is 64.5 Å². The zero-order valence-electron chi connectivity index (χ0n) is 19.5. The lowest BCUT2D eigenvalue weighted by molar-refractivity contribution is -0.145. The van der Waals surface area contributed by atoms with Crippen LogP contribution in [0.15, 0.2) is 36.8 Å². The molecule has 1 atom stereocenters. The maximum Gasteiger partial charge on any atom is 0.451 e. The van der Waals surface area contributed by atoms with Crippen molar-refractivity contribution in [1.29, 1.82) is 0 Å². The summed E-state index contributed by atoms with van der Waals surface area (Å²) in [5.74, 6) is -0.729. The molecule has 1 fully saturated rings. The zero-order chi connectivity index (χ0) is 26.1. The van der Waals surface area contributed by atoms with Gasteiger partial charge in [-0.15, -0.1) is 11.3 Å². The third-order valence-corrected chi connectivity index (χ3v) is 8.39. The molecule has 13 heteroatoms. The predicted molar refractivity (Wildman–Crippen MR) is 131 cm³/mol. The Morgan fingerprint density at radius 3 is 2.39 bits per heavy atom. The van der Waals surface area contributed by atoms with E-state index in [1.165, 1.54) is 11.3 Å². The fraction of sp³-hybridized carbons (Fsp3) is 0.391. The van der Waals surface area contributed by atoms with Gasteiger partial charge < -0.3 is 10.1 Å². The minimum atomic E-state index is -4.65. The monoisotopic (exact) mass is 542 g/mol. The van der Waals surface area contributed by atoms with Crippen LogP contribution < -0.4 is 10.1 Å². The van der Waals surface area contributed by atoms with Crippen LogP contribution in [0.5, 0.6) is 5.75 Å². The maximum atomic E-state index is 13.1. The van der Waals surface area contributed by atoms with Crippen LogP contribution in [0, 0.1) is 6.92 Å². The summed E-state index contributed by atoms with van der Waals surface area (Å²) in [7, 11) is -2.55. The Morgan fingerprint density at radius 1 is 1.14 bits per heavy atom. The van der Waals surface area contributed by atoms with Crippen molar-refractivity contribution in [1.82, 2.24) is 20.3 Å². The Balaban J connectivity index is 1.55. The minimum Gasteiger partial charge on any atom is -0.490 e. The van der Waals surface area contributed by atoms with Gasteiger partial charge in [0.1, 0.15) is 16.9 Å². The molecule has 3 N–H and O–H groups in total. The molecule has 3 heterocycles. The van der Waals surface area contributed by atoms with Gasteiger partial charge in [0.25, 0.3) is 5.91 Å². The lowest BCUT2D eigenvalue weighted by atomic mass is 10.1. The fourth-order valence-corrected chi connectivity index (χ4v) is 5.91. The third kappa shape index (κ3) is 6.52. The van der Waals surface area contributed by atoms with E-state index in [9.17, 15) is 27.1 Å². The number of hydrogen-bond donors (Lipinski definition) is 3. The van der Waals surface area contributed by atoms with E-state index < -0.39 is 34.5 Å². The second-order valence-corrected chi connectivity index (χ2v) is 12.2. The Bertz CT molecular complexity index is 1220. The van der Waals surface area contributed by atoms with Crippen molar-refractivity contribution in [3.05, 3.63) is 58.6 Å². The number of amides is 1. The van der Waals surface area contributed by atoms with Crippen LogP contribution in [-0.2, 0) is 6.18 Å². The number of carbonyl (C=O) groups excluding carboxylic acids is 1. The Morgan fingerprint density at radius 2 is 1.81 bits per heavy atom. The molecule has 2 aromatic heterocycles. The van der Waals surface area contributed by atoms with Crippen molar-refractivity contribution >= 4 is 27.8 Å². The topological polar surface area (TPSA) is 117 Å². The first kappa shape index (κ1) is 26.3. The Kier molecular flexibility index (Phi) is 7.55. The van der Waals surface area contributed by atoms with Gasteiger partial charge in [-0.3, -0.25) is 13.9 Å². The van der Waals surface area contributed by atoms with E-state index >= 15 is 0 Å². The molecule has 1 saturated heterocycles. The lowest BCUT2D eigenvalue weighted by Crippen LogP contribution is -2.29. The summed E-state index contributed by atoms with van der Waals surface area (Å²) >= 11 is 1.46. The molecule has 1 aliphatic heterocycles. The summed E-state index contributed by atoms with van der Waals surface area (Å²) in [5.41, 5.74) is 1.29. The summed E-state index contributed by atoms with van der Waals surface area (Å²) in [6, 6.07) is 4.39. The van der Waals surface area contributed by atoms with Crippen molar-refractivity contribution in [3.8, 4) is 16.3 Å². The summed E-state index contributed by atoms with van der Waals surface area (Å²) in [4.78, 5) is 25.2. The number of thiazole rings is 1. The number of hydrogen-bond acceptors (Lipinski definition) is 8. The van der Waals surface area contributed by atoms with Crippen molar-refractivity contribution in [3.63, 3.8) is 0 Å². The predicted octanol–water partition coefficient (Wildman–Crippen LogP) is 5.71. The van der Waals surface area contributed by atoms with E-state index in [-0.39, 0.29) is 23.2 Å². The fourth-order valence-electron chi connectivity index (χ4n) is 3.68. The number of benzene rings is 1. The highest BCUT2D eigenvalue weighted by molar-refractivity contribution is 8.24. The molecule has 3 aromatic rings.